The monoisotopic (exact) mass is 417 g/mol. The number of nitrogens with one attached hydrogen (secondary N) is 1. The summed E-state index contributed by atoms with van der Waals surface area (Å²) in [7, 11) is 0. The molecule has 1 fully saturated rings. The Hall–Kier alpha value is -2.18. The van der Waals surface area contributed by atoms with Crippen molar-refractivity contribution in [1.82, 2.24) is 15.2 Å². The van der Waals surface area contributed by atoms with E-state index >= 15 is 0 Å². The number of hydrogen-bond donors (Lipinski definition) is 1. The summed E-state index contributed by atoms with van der Waals surface area (Å²) in [6, 6.07) is 12.4. The first-order chi connectivity index (χ1) is 13.6. The number of carbonyl (C=O) groups is 1. The molecule has 0 unspecified atom stereocenters. The van der Waals surface area contributed by atoms with Gasteiger partial charge in [0.1, 0.15) is 5.82 Å². The largest absolute Gasteiger partial charge is 0.338 e. The highest BCUT2D eigenvalue weighted by Gasteiger charge is 2.25. The molecular formula is C21H21ClFN3OS. The van der Waals surface area contributed by atoms with E-state index in [-0.39, 0.29) is 11.8 Å². The fraction of sp³-hybridized carbons (Fsp3) is 0.333. The van der Waals surface area contributed by atoms with E-state index in [2.05, 4.69) is 5.32 Å². The topological polar surface area (TPSA) is 45.2 Å². The van der Waals surface area contributed by atoms with Crippen molar-refractivity contribution in [1.29, 1.82) is 0 Å². The van der Waals surface area contributed by atoms with E-state index in [1.807, 2.05) is 23.1 Å². The summed E-state index contributed by atoms with van der Waals surface area (Å²) in [6.45, 7) is 1.83. The first-order valence-corrected chi connectivity index (χ1v) is 10.6. The highest BCUT2D eigenvalue weighted by molar-refractivity contribution is 7.18. The van der Waals surface area contributed by atoms with Crippen LogP contribution in [-0.2, 0) is 6.42 Å². The number of rotatable bonds is 4. The van der Waals surface area contributed by atoms with Gasteiger partial charge in [0.15, 0.2) is 0 Å². The lowest BCUT2D eigenvalue weighted by molar-refractivity contribution is 0.181. The van der Waals surface area contributed by atoms with E-state index in [9.17, 15) is 9.18 Å². The average Bonchev–Trinajstić information content (AvgIpc) is 3.12. The molecule has 1 N–H and O–H groups in total. The molecule has 0 bridgehead atoms. The third-order valence-electron chi connectivity index (χ3n) is 5.13. The molecule has 1 aromatic heterocycles. The molecule has 0 aliphatic carbocycles. The van der Waals surface area contributed by atoms with Crippen molar-refractivity contribution < 1.29 is 9.18 Å². The molecule has 0 saturated carbocycles. The number of benzene rings is 2. The second-order valence-corrected chi connectivity index (χ2v) is 8.50. The molecule has 4 nitrogen and oxygen atoms in total. The number of aromatic nitrogens is 1. The van der Waals surface area contributed by atoms with Crippen LogP contribution in [0, 0.1) is 5.82 Å². The van der Waals surface area contributed by atoms with Gasteiger partial charge in [-0.25, -0.2) is 14.2 Å². The predicted molar refractivity (Wildman–Crippen MR) is 112 cm³/mol. The van der Waals surface area contributed by atoms with Crippen LogP contribution >= 0.6 is 22.9 Å². The van der Waals surface area contributed by atoms with Crippen molar-refractivity contribution in [2.24, 2.45) is 0 Å². The van der Waals surface area contributed by atoms with Crippen LogP contribution in [0.4, 0.5) is 9.18 Å². The van der Waals surface area contributed by atoms with Gasteiger partial charge in [0.05, 0.1) is 15.2 Å². The number of hydrogen-bond acceptors (Lipinski definition) is 3. The molecule has 7 heteroatoms. The summed E-state index contributed by atoms with van der Waals surface area (Å²) in [5.41, 5.74) is 1.57. The van der Waals surface area contributed by atoms with Crippen LogP contribution < -0.4 is 5.32 Å². The third kappa shape index (κ3) is 4.28. The number of piperidine rings is 1. The van der Waals surface area contributed by atoms with E-state index < -0.39 is 0 Å². The number of thiazole rings is 1. The molecule has 1 aliphatic heterocycles. The molecular weight excluding hydrogens is 397 g/mol. The third-order valence-corrected chi connectivity index (χ3v) is 6.56. The van der Waals surface area contributed by atoms with Gasteiger partial charge in [0.2, 0.25) is 0 Å². The normalized spacial score (nSPS) is 15.1. The van der Waals surface area contributed by atoms with Crippen molar-refractivity contribution in [2.45, 2.75) is 25.2 Å². The second-order valence-electron chi connectivity index (χ2n) is 7.00. The van der Waals surface area contributed by atoms with Crippen molar-refractivity contribution in [3.05, 3.63) is 63.9 Å². The van der Waals surface area contributed by atoms with Crippen molar-refractivity contribution >= 4 is 39.2 Å². The van der Waals surface area contributed by atoms with Gasteiger partial charge in [-0.15, -0.1) is 11.3 Å². The molecule has 2 heterocycles. The van der Waals surface area contributed by atoms with Gasteiger partial charge in [-0.2, -0.15) is 0 Å². The van der Waals surface area contributed by atoms with Crippen molar-refractivity contribution in [3.63, 3.8) is 0 Å². The zero-order valence-electron chi connectivity index (χ0n) is 15.3. The lowest BCUT2D eigenvalue weighted by Crippen LogP contribution is -2.44. The number of nitrogens with zero attached hydrogens (tertiary/aromatic N) is 2. The van der Waals surface area contributed by atoms with Gasteiger partial charge in [0, 0.05) is 30.6 Å². The minimum atomic E-state index is -0.227. The lowest BCUT2D eigenvalue weighted by atomic mass is 9.98. The Morgan fingerprint density at radius 1 is 1.25 bits per heavy atom. The molecule has 28 heavy (non-hydrogen) atoms. The van der Waals surface area contributed by atoms with Crippen molar-refractivity contribution in [2.75, 3.05) is 19.6 Å². The zero-order valence-corrected chi connectivity index (χ0v) is 16.9. The lowest BCUT2D eigenvalue weighted by Gasteiger charge is -2.31. The molecule has 1 saturated heterocycles. The summed E-state index contributed by atoms with van der Waals surface area (Å²) in [4.78, 5) is 19.0. The van der Waals surface area contributed by atoms with Crippen LogP contribution in [0.5, 0.6) is 0 Å². The summed E-state index contributed by atoms with van der Waals surface area (Å²) in [6.07, 6.45) is 2.28. The fourth-order valence-electron chi connectivity index (χ4n) is 3.54. The molecule has 4 rings (SSSR count). The first kappa shape index (κ1) is 19.2. The fourth-order valence-corrected chi connectivity index (χ4v) is 4.82. The highest BCUT2D eigenvalue weighted by atomic mass is 35.5. The van der Waals surface area contributed by atoms with Gasteiger partial charge >= 0.3 is 6.03 Å². The Kier molecular flexibility index (Phi) is 5.78. The number of fused-ring (bicyclic) bond motifs is 1. The Balaban J connectivity index is 1.28. The van der Waals surface area contributed by atoms with Gasteiger partial charge in [0.25, 0.3) is 0 Å². The maximum Gasteiger partial charge on any atom is 0.317 e. The highest BCUT2D eigenvalue weighted by Crippen LogP contribution is 2.34. The molecule has 0 radical (unpaired) electrons. The number of carbonyl (C=O) groups excluding carboxylic acids is 1. The smallest absolute Gasteiger partial charge is 0.317 e. The summed E-state index contributed by atoms with van der Waals surface area (Å²) < 4.78 is 14.8. The minimum absolute atomic E-state index is 0.0779. The Labute approximate surface area is 172 Å². The standard InChI is InChI=1S/C21H21ClFN3OS/c22-16-5-6-19-18(13-16)25-20(28-19)15-8-11-26(12-9-15)21(27)24-10-7-14-3-1-2-4-17(14)23/h1-6,13,15H,7-12H2,(H,24,27). The predicted octanol–water partition coefficient (Wildman–Crippen LogP) is 5.22. The molecule has 2 amide bonds. The summed E-state index contributed by atoms with van der Waals surface area (Å²) in [5, 5.41) is 4.73. The Morgan fingerprint density at radius 2 is 2.04 bits per heavy atom. The minimum Gasteiger partial charge on any atom is -0.338 e. The van der Waals surface area contributed by atoms with Gasteiger partial charge < -0.3 is 10.2 Å². The van der Waals surface area contributed by atoms with Crippen molar-refractivity contribution in [3.8, 4) is 0 Å². The molecule has 146 valence electrons. The molecule has 0 atom stereocenters. The Bertz CT molecular complexity index is 985. The molecule has 1 aliphatic rings. The molecule has 3 aromatic rings. The first-order valence-electron chi connectivity index (χ1n) is 9.42. The maximum absolute atomic E-state index is 13.6. The number of likely N-dealkylation sites (tertiary alicyclic amines) is 1. The van der Waals surface area contributed by atoms with Crippen LogP contribution in [0.15, 0.2) is 42.5 Å². The number of halogens is 2. The average molecular weight is 418 g/mol. The van der Waals surface area contributed by atoms with E-state index in [4.69, 9.17) is 16.6 Å². The summed E-state index contributed by atoms with van der Waals surface area (Å²) in [5.74, 6) is 0.147. The van der Waals surface area contributed by atoms with E-state index in [1.165, 1.54) is 6.07 Å². The van der Waals surface area contributed by atoms with Gasteiger partial charge in [-0.05, 0) is 49.1 Å². The van der Waals surface area contributed by atoms with E-state index in [0.717, 1.165) is 28.1 Å². The van der Waals surface area contributed by atoms with Crippen LogP contribution in [-0.4, -0.2) is 35.5 Å². The second kappa shape index (κ2) is 8.45. The molecule has 0 spiro atoms. The van der Waals surface area contributed by atoms with Gasteiger partial charge in [-0.3, -0.25) is 0 Å². The van der Waals surface area contributed by atoms with Crippen LogP contribution in [0.25, 0.3) is 10.2 Å². The quantitative estimate of drug-likeness (QED) is 0.632. The Morgan fingerprint density at radius 3 is 2.82 bits per heavy atom. The van der Waals surface area contributed by atoms with Crippen LogP contribution in [0.1, 0.15) is 29.3 Å². The number of amides is 2. The zero-order chi connectivity index (χ0) is 19.5. The van der Waals surface area contributed by atoms with E-state index in [0.29, 0.717) is 42.6 Å². The number of urea groups is 1. The maximum atomic E-state index is 13.6. The van der Waals surface area contributed by atoms with Crippen LogP contribution in [0.3, 0.4) is 0 Å². The SMILES string of the molecule is O=C(NCCc1ccccc1F)N1CCC(c2nc3cc(Cl)ccc3s2)CC1. The summed E-state index contributed by atoms with van der Waals surface area (Å²) >= 11 is 7.76. The van der Waals surface area contributed by atoms with E-state index in [1.54, 1.807) is 29.5 Å². The van der Waals surface area contributed by atoms with Gasteiger partial charge in [-0.1, -0.05) is 29.8 Å². The molecule has 2 aromatic carbocycles. The van der Waals surface area contributed by atoms with Crippen LogP contribution in [0.2, 0.25) is 5.02 Å².